The molecule has 73 heavy (non-hydrogen) atoms. The second-order valence-electron chi connectivity index (χ2n) is 25.4. The lowest BCUT2D eigenvalue weighted by atomic mass is 9.80. The van der Waals surface area contributed by atoms with Crippen LogP contribution in [0.15, 0.2) is 152 Å². The molecule has 0 saturated heterocycles. The molecule has 0 aliphatic rings. The van der Waals surface area contributed by atoms with E-state index in [2.05, 4.69) is 245 Å². The Hall–Kier alpha value is -7.31. The molecule has 0 aliphatic heterocycles. The van der Waals surface area contributed by atoms with E-state index in [0.717, 1.165) is 50.2 Å². The van der Waals surface area contributed by atoms with Crippen molar-refractivity contribution < 1.29 is 5.11 Å². The van der Waals surface area contributed by atoms with Crippen LogP contribution in [0.4, 0.5) is 0 Å². The smallest absolute Gasteiger partial charge is 0.149 e. The maximum absolute atomic E-state index is 11.4. The number of rotatable bonds is 6. The van der Waals surface area contributed by atoms with Gasteiger partial charge in [0.1, 0.15) is 11.6 Å². The number of imidazole rings is 1. The average molecular weight is 962 g/mol. The van der Waals surface area contributed by atoms with Gasteiger partial charge in [-0.2, -0.15) is 0 Å². The van der Waals surface area contributed by atoms with E-state index in [-0.39, 0.29) is 32.8 Å². The second kappa shape index (κ2) is 17.4. The normalized spacial score (nSPS) is 12.9. The minimum atomic E-state index is -0.180. The van der Waals surface area contributed by atoms with Crippen molar-refractivity contribution in [2.45, 2.75) is 131 Å². The van der Waals surface area contributed by atoms with Gasteiger partial charge in [0, 0.05) is 51.2 Å². The lowest BCUT2D eigenvalue weighted by Gasteiger charge is -2.27. The van der Waals surface area contributed by atoms with Crippen molar-refractivity contribution in [3.8, 4) is 62.0 Å². The zero-order valence-corrected chi connectivity index (χ0v) is 45.6. The molecule has 10 aromatic rings. The summed E-state index contributed by atoms with van der Waals surface area (Å²) in [6.07, 6.45) is 5.18. The Morgan fingerprint density at radius 2 is 0.932 bits per heavy atom. The van der Waals surface area contributed by atoms with Crippen molar-refractivity contribution in [1.29, 1.82) is 0 Å². The fourth-order valence-corrected chi connectivity index (χ4v) is 10.2. The Morgan fingerprint density at radius 1 is 0.411 bits per heavy atom. The fraction of sp³-hybridized carbons (Fsp3) is 0.299. The third-order valence-electron chi connectivity index (χ3n) is 14.7. The summed E-state index contributed by atoms with van der Waals surface area (Å²) < 4.78 is 4.72. The highest BCUT2D eigenvalue weighted by Crippen LogP contribution is 2.44. The van der Waals surface area contributed by atoms with Crippen LogP contribution in [-0.2, 0) is 27.1 Å². The second-order valence-corrected chi connectivity index (χ2v) is 25.4. The SMILES string of the molecule is CC(C)(C)c1cc(-c2cc(-c3cccc4c5ccccc5n(-c5cc(C(C)(C)C)cc(C(C)(C)C)c5)c34)ccn2)cc(-c2cccc3c2nc(-c2ccncc2O)n3-c2cc(C(C)(C)C)cc(C(C)(C)C)c2)c1. The summed E-state index contributed by atoms with van der Waals surface area (Å²) in [5.41, 5.74) is 19.0. The van der Waals surface area contributed by atoms with Crippen LogP contribution in [0.3, 0.4) is 0 Å². The van der Waals surface area contributed by atoms with E-state index in [0.29, 0.717) is 11.4 Å². The summed E-state index contributed by atoms with van der Waals surface area (Å²) in [5.74, 6) is 0.733. The van der Waals surface area contributed by atoms with Gasteiger partial charge in [-0.1, -0.05) is 171 Å². The third-order valence-corrected chi connectivity index (χ3v) is 14.7. The quantitative estimate of drug-likeness (QED) is 0.180. The number of nitrogens with zero attached hydrogens (tertiary/aromatic N) is 5. The van der Waals surface area contributed by atoms with E-state index in [1.54, 1.807) is 6.20 Å². The maximum Gasteiger partial charge on any atom is 0.149 e. The molecular weight excluding hydrogens is 891 g/mol. The number of aromatic nitrogens is 5. The molecule has 4 heterocycles. The van der Waals surface area contributed by atoms with Crippen molar-refractivity contribution in [1.82, 2.24) is 24.1 Å². The first-order valence-electron chi connectivity index (χ1n) is 25.9. The van der Waals surface area contributed by atoms with Gasteiger partial charge in [-0.15, -0.1) is 0 Å². The number of aromatic hydroxyl groups is 1. The lowest BCUT2D eigenvalue weighted by molar-refractivity contribution is 0.474. The van der Waals surface area contributed by atoms with Crippen molar-refractivity contribution in [3.63, 3.8) is 0 Å². The standard InChI is InChI=1S/C67H71N5O/c1-63(2,3)44-31-42(51-21-19-25-58-60(51)70-62(55-27-28-68-40-59(55)73)72(58)50-38-47(66(10,11)12)35-48(39-50)67(13,14)15)30-43(32-44)56-33-41(26-29-69-56)52-22-18-23-54-53-20-16-17-24-57(53)71(61(52)54)49-36-45(64(4,5)6)34-46(37-49)65(7,8)9/h16-40,73H,1-15H3. The van der Waals surface area contributed by atoms with Gasteiger partial charge in [-0.25, -0.2) is 4.98 Å². The summed E-state index contributed by atoms with van der Waals surface area (Å²) in [6, 6.07) is 49.3. The molecule has 0 fully saturated rings. The van der Waals surface area contributed by atoms with Crippen LogP contribution >= 0.6 is 0 Å². The minimum absolute atomic E-state index is 0.0390. The molecule has 0 spiro atoms. The van der Waals surface area contributed by atoms with Crippen molar-refractivity contribution in [2.24, 2.45) is 0 Å². The van der Waals surface area contributed by atoms with Gasteiger partial charge in [0.15, 0.2) is 0 Å². The minimum Gasteiger partial charge on any atom is -0.506 e. The molecule has 6 nitrogen and oxygen atoms in total. The highest BCUT2D eigenvalue weighted by Gasteiger charge is 2.28. The van der Waals surface area contributed by atoms with Crippen LogP contribution in [0, 0.1) is 0 Å². The van der Waals surface area contributed by atoms with E-state index in [9.17, 15) is 5.11 Å². The van der Waals surface area contributed by atoms with Gasteiger partial charge in [0.25, 0.3) is 0 Å². The largest absolute Gasteiger partial charge is 0.506 e. The summed E-state index contributed by atoms with van der Waals surface area (Å²) >= 11 is 0. The molecule has 4 aromatic heterocycles. The Kier molecular flexibility index (Phi) is 11.8. The van der Waals surface area contributed by atoms with Crippen LogP contribution in [-0.4, -0.2) is 29.2 Å². The first-order valence-corrected chi connectivity index (χ1v) is 25.9. The predicted molar refractivity (Wildman–Crippen MR) is 308 cm³/mol. The highest BCUT2D eigenvalue weighted by atomic mass is 16.3. The highest BCUT2D eigenvalue weighted by molar-refractivity contribution is 6.14. The maximum atomic E-state index is 11.4. The summed E-state index contributed by atoms with van der Waals surface area (Å²) in [5, 5.41) is 13.9. The third kappa shape index (κ3) is 9.15. The first-order chi connectivity index (χ1) is 34.3. The summed E-state index contributed by atoms with van der Waals surface area (Å²) in [4.78, 5) is 14.9. The topological polar surface area (TPSA) is 68.8 Å². The van der Waals surface area contributed by atoms with Crippen LogP contribution in [0.2, 0.25) is 0 Å². The van der Waals surface area contributed by atoms with Gasteiger partial charge >= 0.3 is 0 Å². The van der Waals surface area contributed by atoms with Gasteiger partial charge in [-0.3, -0.25) is 14.5 Å². The molecule has 6 aromatic carbocycles. The molecule has 0 unspecified atom stereocenters. The fourth-order valence-electron chi connectivity index (χ4n) is 10.2. The van der Waals surface area contributed by atoms with E-state index >= 15 is 0 Å². The average Bonchev–Trinajstić information content (AvgIpc) is 3.89. The molecule has 0 amide bonds. The molecule has 0 bridgehead atoms. The Bertz CT molecular complexity index is 3710. The molecule has 0 radical (unpaired) electrons. The molecule has 0 aliphatic carbocycles. The molecule has 10 rings (SSSR count). The van der Waals surface area contributed by atoms with E-state index in [1.165, 1.54) is 61.5 Å². The number of benzene rings is 6. The number of hydrogen-bond acceptors (Lipinski definition) is 4. The van der Waals surface area contributed by atoms with Gasteiger partial charge in [-0.05, 0) is 133 Å². The van der Waals surface area contributed by atoms with Crippen molar-refractivity contribution in [2.75, 3.05) is 0 Å². The molecule has 0 atom stereocenters. The van der Waals surface area contributed by atoms with Gasteiger partial charge in [0.2, 0.25) is 0 Å². The molecule has 0 saturated carbocycles. The number of pyridine rings is 2. The van der Waals surface area contributed by atoms with Gasteiger partial charge in [0.05, 0.1) is 39.5 Å². The Balaban J connectivity index is 1.19. The van der Waals surface area contributed by atoms with Crippen LogP contribution < -0.4 is 0 Å². The van der Waals surface area contributed by atoms with Crippen molar-refractivity contribution >= 4 is 32.8 Å². The van der Waals surface area contributed by atoms with Crippen LogP contribution in [0.25, 0.3) is 89.1 Å². The molecule has 6 heteroatoms. The zero-order valence-electron chi connectivity index (χ0n) is 45.6. The Morgan fingerprint density at radius 3 is 1.53 bits per heavy atom. The molecule has 1 N–H and O–H groups in total. The first kappa shape index (κ1) is 49.3. The van der Waals surface area contributed by atoms with E-state index < -0.39 is 0 Å². The van der Waals surface area contributed by atoms with Crippen LogP contribution in [0.5, 0.6) is 5.75 Å². The zero-order chi connectivity index (χ0) is 52.2. The van der Waals surface area contributed by atoms with Crippen molar-refractivity contribution in [3.05, 3.63) is 180 Å². The number of fused-ring (bicyclic) bond motifs is 4. The number of hydrogen-bond donors (Lipinski definition) is 1. The molecular formula is C67H71N5O. The monoisotopic (exact) mass is 962 g/mol. The predicted octanol–water partition coefficient (Wildman–Crippen LogP) is 17.8. The number of para-hydroxylation sites is 3. The lowest BCUT2D eigenvalue weighted by Crippen LogP contribution is -2.17. The van der Waals surface area contributed by atoms with E-state index in [4.69, 9.17) is 9.97 Å². The summed E-state index contributed by atoms with van der Waals surface area (Å²) in [7, 11) is 0. The Labute approximate surface area is 432 Å². The molecule has 370 valence electrons. The van der Waals surface area contributed by atoms with Gasteiger partial charge < -0.3 is 9.67 Å². The summed E-state index contributed by atoms with van der Waals surface area (Å²) in [6.45, 7) is 34.2. The van der Waals surface area contributed by atoms with Crippen LogP contribution in [0.1, 0.15) is 132 Å². The van der Waals surface area contributed by atoms with E-state index in [1.807, 2.05) is 12.3 Å².